The van der Waals surface area contributed by atoms with Gasteiger partial charge >= 0.3 is 0 Å². The van der Waals surface area contributed by atoms with Gasteiger partial charge in [0.05, 0.1) is 0 Å². The molecule has 2 saturated carbocycles. The van der Waals surface area contributed by atoms with Gasteiger partial charge in [0.2, 0.25) is 5.91 Å². The highest BCUT2D eigenvalue weighted by Gasteiger charge is 2.55. The van der Waals surface area contributed by atoms with Crippen molar-refractivity contribution in [1.29, 1.82) is 0 Å². The minimum atomic E-state index is -0.369. The molecule has 26 heavy (non-hydrogen) atoms. The molecular weight excluding hydrogens is 324 g/mol. The molecule has 1 aliphatic heterocycles. The summed E-state index contributed by atoms with van der Waals surface area (Å²) in [5.41, 5.74) is 8.66. The van der Waals surface area contributed by atoms with Crippen molar-refractivity contribution in [2.24, 2.45) is 17.6 Å². The van der Waals surface area contributed by atoms with E-state index < -0.39 is 0 Å². The Morgan fingerprint density at radius 2 is 2.08 bits per heavy atom. The number of primary amides is 1. The van der Waals surface area contributed by atoms with Crippen molar-refractivity contribution in [2.75, 3.05) is 13.1 Å². The van der Waals surface area contributed by atoms with E-state index in [-0.39, 0.29) is 18.7 Å². The Morgan fingerprint density at radius 1 is 1.27 bits per heavy atom. The molecule has 0 aromatic heterocycles. The molecule has 2 bridgehead atoms. The summed E-state index contributed by atoms with van der Waals surface area (Å²) in [6.45, 7) is 2.32. The number of rotatable bonds is 3. The number of hydrogen-bond acceptors (Lipinski definition) is 3. The van der Waals surface area contributed by atoms with Crippen LogP contribution in [0.2, 0.25) is 0 Å². The molecule has 0 unspecified atom stereocenters. The third-order valence-electron chi connectivity index (χ3n) is 7.28. The van der Waals surface area contributed by atoms with Crippen LogP contribution in [0, 0.1) is 11.8 Å². The van der Waals surface area contributed by atoms with E-state index >= 15 is 0 Å². The fraction of sp³-hybridized carbons (Fsp3) is 0.636. The molecule has 3 fully saturated rings. The molecule has 1 saturated heterocycles. The quantitative estimate of drug-likeness (QED) is 0.907. The maximum Gasteiger partial charge on any atom is 0.248 e. The van der Waals surface area contributed by atoms with Gasteiger partial charge in [0.25, 0.3) is 0 Å². The van der Waals surface area contributed by atoms with Gasteiger partial charge in [-0.15, -0.1) is 0 Å². The van der Waals surface area contributed by atoms with Gasteiger partial charge in [-0.2, -0.15) is 0 Å². The second-order valence-corrected chi connectivity index (χ2v) is 8.71. The van der Waals surface area contributed by atoms with E-state index in [4.69, 9.17) is 5.73 Å². The normalized spacial score (nSPS) is 33.0. The van der Waals surface area contributed by atoms with Gasteiger partial charge in [-0.3, -0.25) is 14.5 Å². The van der Waals surface area contributed by atoms with Crippen molar-refractivity contribution in [3.8, 4) is 0 Å². The van der Waals surface area contributed by atoms with E-state index in [1.54, 1.807) is 0 Å². The summed E-state index contributed by atoms with van der Waals surface area (Å²) in [7, 11) is 0. The molecule has 1 amide bonds. The minimum Gasteiger partial charge on any atom is -0.366 e. The molecule has 0 radical (unpaired) electrons. The number of carbonyl (C=O) groups excluding carboxylic acids is 2. The van der Waals surface area contributed by atoms with Gasteiger partial charge in [0, 0.05) is 36.4 Å². The number of carbonyl (C=O) groups is 2. The number of nitrogens with two attached hydrogens (primary N) is 1. The highest BCUT2D eigenvalue weighted by molar-refractivity contribution is 5.93. The van der Waals surface area contributed by atoms with Crippen LogP contribution in [0.25, 0.3) is 0 Å². The smallest absolute Gasteiger partial charge is 0.248 e. The van der Waals surface area contributed by atoms with Gasteiger partial charge in [0.1, 0.15) is 5.78 Å². The Hall–Kier alpha value is -1.68. The zero-order valence-electron chi connectivity index (χ0n) is 14.7. The third kappa shape index (κ3) is 2.61. The van der Waals surface area contributed by atoms with Crippen LogP contribution in [0.4, 0.5) is 0 Å². The number of piperidine rings is 1. The summed E-state index contributed by atoms with van der Waals surface area (Å²) >= 11 is 0. The first-order valence-electron chi connectivity index (χ1n) is 9.76. The molecule has 4 heteroatoms. The van der Waals surface area contributed by atoms with Gasteiger partial charge in [-0.05, 0) is 73.7 Å². The van der Waals surface area contributed by atoms with E-state index in [1.165, 1.54) is 30.5 Å². The van der Waals surface area contributed by atoms with Crippen molar-refractivity contribution < 1.29 is 9.59 Å². The average molecular weight is 354 g/mol. The number of fused-ring (bicyclic) bond motifs is 1. The molecule has 4 nitrogen and oxygen atoms in total. The maximum atomic E-state index is 12.4. The number of nitrogens with zero attached hydrogens (tertiary/aromatic N) is 1. The van der Waals surface area contributed by atoms with Crippen LogP contribution >= 0.6 is 0 Å². The van der Waals surface area contributed by atoms with Crippen molar-refractivity contribution in [1.82, 2.24) is 4.90 Å². The highest BCUT2D eigenvalue weighted by atomic mass is 16.1. The first-order chi connectivity index (χ1) is 12.1. The number of hydrogen-bond donors (Lipinski definition) is 1. The van der Waals surface area contributed by atoms with Crippen LogP contribution in [0.15, 0.2) is 18.2 Å². The Kier molecular flexibility index (Phi) is 4.22. The molecule has 1 aromatic rings. The summed E-state index contributed by atoms with van der Waals surface area (Å²) in [6.07, 6.45) is 7.26. The monoisotopic (exact) mass is 354 g/mol. The first kappa shape index (κ1) is 17.7. The molecule has 3 atom stereocenters. The van der Waals surface area contributed by atoms with Crippen LogP contribution < -0.4 is 5.73 Å². The molecular formula is C22H30N2O2. The SMILES string of the molecule is C.NC(=O)c1ccc2c(c1)[C@]13CCN(CC4CC4)[C@H](C2)[C@@H]1CCC(=O)C3. The van der Waals surface area contributed by atoms with Crippen molar-refractivity contribution in [2.45, 2.75) is 63.8 Å². The largest absolute Gasteiger partial charge is 0.366 e. The van der Waals surface area contributed by atoms with E-state index in [1.807, 2.05) is 12.1 Å². The van der Waals surface area contributed by atoms with Crippen molar-refractivity contribution in [3.63, 3.8) is 0 Å². The number of Topliss-reactive ketones (excluding diaryl/α,β-unsaturated/α-hetero) is 1. The molecule has 2 N–H and O–H groups in total. The number of amides is 1. The molecule has 0 spiro atoms. The average Bonchev–Trinajstić information content (AvgIpc) is 3.40. The molecule has 5 rings (SSSR count). The Balaban J connectivity index is 0.00000168. The van der Waals surface area contributed by atoms with E-state index in [9.17, 15) is 9.59 Å². The third-order valence-corrected chi connectivity index (χ3v) is 7.28. The number of likely N-dealkylation sites (tertiary alicyclic amines) is 1. The van der Waals surface area contributed by atoms with Crippen LogP contribution in [-0.2, 0) is 16.6 Å². The minimum absolute atomic E-state index is 0. The lowest BCUT2D eigenvalue weighted by atomic mass is 9.52. The van der Waals surface area contributed by atoms with Gasteiger partial charge in [-0.25, -0.2) is 0 Å². The molecule has 140 valence electrons. The fourth-order valence-electron chi connectivity index (χ4n) is 5.92. The zero-order valence-corrected chi connectivity index (χ0v) is 14.7. The predicted molar refractivity (Wildman–Crippen MR) is 102 cm³/mol. The maximum absolute atomic E-state index is 12.4. The van der Waals surface area contributed by atoms with E-state index in [2.05, 4.69) is 11.0 Å². The van der Waals surface area contributed by atoms with Crippen LogP contribution in [-0.4, -0.2) is 35.7 Å². The summed E-state index contributed by atoms with van der Waals surface area (Å²) < 4.78 is 0. The van der Waals surface area contributed by atoms with E-state index in [0.717, 1.165) is 38.1 Å². The lowest BCUT2D eigenvalue weighted by Crippen LogP contribution is -2.62. The summed E-state index contributed by atoms with van der Waals surface area (Å²) in [6, 6.07) is 6.54. The van der Waals surface area contributed by atoms with Crippen LogP contribution in [0.3, 0.4) is 0 Å². The summed E-state index contributed by atoms with van der Waals surface area (Å²) in [5, 5.41) is 0. The summed E-state index contributed by atoms with van der Waals surface area (Å²) in [4.78, 5) is 26.8. The lowest BCUT2D eigenvalue weighted by Gasteiger charge is -2.58. The molecule has 1 heterocycles. The van der Waals surface area contributed by atoms with Gasteiger partial charge < -0.3 is 5.73 Å². The topological polar surface area (TPSA) is 63.4 Å². The standard InChI is InChI=1S/C21H26N2O2.CH4/c22-20(25)15-4-3-14-10-19-17-6-5-16(24)11-21(17,18(14)9-15)7-8-23(19)12-13-1-2-13;/h3-4,9,13,17,19H,1-2,5-8,10-12H2,(H2,22,25);1H4/t17-,19+,21-;/m0./s1. The van der Waals surface area contributed by atoms with Gasteiger partial charge in [0.15, 0.2) is 0 Å². The zero-order chi connectivity index (χ0) is 17.2. The van der Waals surface area contributed by atoms with Crippen LogP contribution in [0.1, 0.15) is 67.4 Å². The Bertz CT molecular complexity index is 755. The van der Waals surface area contributed by atoms with E-state index in [0.29, 0.717) is 29.7 Å². The van der Waals surface area contributed by atoms with Crippen molar-refractivity contribution >= 4 is 11.7 Å². The van der Waals surface area contributed by atoms with Crippen LogP contribution in [0.5, 0.6) is 0 Å². The Morgan fingerprint density at radius 3 is 2.81 bits per heavy atom. The molecule has 3 aliphatic carbocycles. The predicted octanol–water partition coefficient (Wildman–Crippen LogP) is 3.07. The second-order valence-electron chi connectivity index (χ2n) is 8.71. The molecule has 4 aliphatic rings. The first-order valence-corrected chi connectivity index (χ1v) is 9.76. The number of ketones is 1. The lowest BCUT2D eigenvalue weighted by molar-refractivity contribution is -0.127. The van der Waals surface area contributed by atoms with Crippen molar-refractivity contribution in [3.05, 3.63) is 34.9 Å². The highest BCUT2D eigenvalue weighted by Crippen LogP contribution is 2.55. The second kappa shape index (κ2) is 6.19. The summed E-state index contributed by atoms with van der Waals surface area (Å²) in [5.74, 6) is 1.47. The van der Waals surface area contributed by atoms with Gasteiger partial charge in [-0.1, -0.05) is 13.5 Å². The fourth-order valence-corrected chi connectivity index (χ4v) is 5.92. The Labute approximate surface area is 156 Å². The number of benzene rings is 1. The molecule has 1 aromatic carbocycles.